The van der Waals surface area contributed by atoms with E-state index in [2.05, 4.69) is 0 Å². The third-order valence-electron chi connectivity index (χ3n) is 4.14. The van der Waals surface area contributed by atoms with Gasteiger partial charge in [-0.2, -0.15) is 4.31 Å². The van der Waals surface area contributed by atoms with Gasteiger partial charge in [-0.05, 0) is 34.3 Å². The fourth-order valence-corrected chi connectivity index (χ4v) is 7.05. The molecule has 0 radical (unpaired) electrons. The van der Waals surface area contributed by atoms with Gasteiger partial charge in [0.05, 0.1) is 5.75 Å². The number of hydrogen-bond acceptors (Lipinski definition) is 7. The summed E-state index contributed by atoms with van der Waals surface area (Å²) in [4.78, 5) is 4.71. The minimum atomic E-state index is -3.56. The van der Waals surface area contributed by atoms with Crippen LogP contribution in [0.5, 0.6) is 0 Å². The maximum absolute atomic E-state index is 13.1. The molecule has 0 amide bonds. The predicted molar refractivity (Wildman–Crippen MR) is 122 cm³/mol. The molecule has 3 aromatic rings. The molecule has 0 saturated carbocycles. The van der Waals surface area contributed by atoms with E-state index in [4.69, 9.17) is 0 Å². The Kier molecular flexibility index (Phi) is 8.57. The van der Waals surface area contributed by atoms with Gasteiger partial charge in [0.15, 0.2) is 11.1 Å². The number of nitrogens with zero attached hydrogens (tertiary/aromatic N) is 2. The van der Waals surface area contributed by atoms with Gasteiger partial charge >= 0.3 is 0 Å². The van der Waals surface area contributed by atoms with E-state index in [0.717, 1.165) is 14.6 Å². The van der Waals surface area contributed by atoms with Gasteiger partial charge in [0.25, 0.3) is 0 Å². The summed E-state index contributed by atoms with van der Waals surface area (Å²) in [6.45, 7) is 1.30. The van der Waals surface area contributed by atoms with Gasteiger partial charge in [0.1, 0.15) is 5.88 Å². The van der Waals surface area contributed by atoms with Crippen LogP contribution in [0.3, 0.4) is 0 Å². The minimum Gasteiger partial charge on any atom is -0.305 e. The highest BCUT2D eigenvalue weighted by atomic mass is 32.2. The van der Waals surface area contributed by atoms with E-state index >= 15 is 0 Å². The van der Waals surface area contributed by atoms with Crippen LogP contribution in [0.1, 0.15) is 14.6 Å². The topological polar surface area (TPSA) is 77.9 Å². The first kappa shape index (κ1) is 22.8. The van der Waals surface area contributed by atoms with Gasteiger partial charge in [0, 0.05) is 40.8 Å². The lowest BCUT2D eigenvalue weighted by Gasteiger charge is -2.24. The summed E-state index contributed by atoms with van der Waals surface area (Å²) in [5.41, 5.74) is 0. The van der Waals surface area contributed by atoms with Crippen molar-refractivity contribution in [3.63, 3.8) is 0 Å². The van der Waals surface area contributed by atoms with Gasteiger partial charge in [-0.1, -0.05) is 18.2 Å². The smallest absolute Gasteiger partial charge is 0.216 e. The summed E-state index contributed by atoms with van der Waals surface area (Å²) in [5, 5.41) is 5.80. The maximum atomic E-state index is 13.1. The van der Waals surface area contributed by atoms with Gasteiger partial charge in [-0.25, -0.2) is 12.6 Å². The molecule has 1 atom stereocenters. The van der Waals surface area contributed by atoms with Crippen molar-refractivity contribution in [3.05, 3.63) is 67.2 Å². The SMILES string of the molecule is O=S(O)CN(CCS(=O)(=O)N(Cc1cccs1)Cc1cccs1)Cc1cccs1. The Labute approximate surface area is 185 Å². The molecule has 3 aromatic heterocycles. The molecular weight excluding hydrogens is 469 g/mol. The van der Waals surface area contributed by atoms with Crippen molar-refractivity contribution in [2.24, 2.45) is 0 Å². The number of thiophene rings is 3. The summed E-state index contributed by atoms with van der Waals surface area (Å²) in [7, 11) is -3.56. The normalized spacial score (nSPS) is 13.3. The average Bonchev–Trinajstić information content (AvgIpc) is 3.42. The Balaban J connectivity index is 1.70. The highest BCUT2D eigenvalue weighted by molar-refractivity contribution is 7.89. The average molecular weight is 491 g/mol. The van der Waals surface area contributed by atoms with E-state index in [-0.39, 0.29) is 18.2 Å². The molecular formula is C18H22N2O4S5. The second-order valence-corrected chi connectivity index (χ2v) is 12.4. The quantitative estimate of drug-likeness (QED) is 0.390. The second kappa shape index (κ2) is 10.9. The number of hydrogen-bond donors (Lipinski definition) is 1. The first-order valence-electron chi connectivity index (χ1n) is 8.77. The van der Waals surface area contributed by atoms with Crippen molar-refractivity contribution < 1.29 is 17.2 Å². The van der Waals surface area contributed by atoms with Crippen molar-refractivity contribution in [2.45, 2.75) is 19.6 Å². The molecule has 3 heterocycles. The second-order valence-electron chi connectivity index (χ2n) is 6.33. The van der Waals surface area contributed by atoms with Gasteiger partial charge in [-0.3, -0.25) is 4.90 Å². The summed E-state index contributed by atoms with van der Waals surface area (Å²) in [6.07, 6.45) is 0. The van der Waals surface area contributed by atoms with Crippen LogP contribution in [0.15, 0.2) is 52.5 Å². The number of rotatable bonds is 12. The Bertz CT molecular complexity index is 934. The zero-order valence-corrected chi connectivity index (χ0v) is 19.6. The predicted octanol–water partition coefficient (Wildman–Crippen LogP) is 3.88. The molecule has 158 valence electrons. The fourth-order valence-electron chi connectivity index (χ4n) is 2.75. The molecule has 0 aliphatic heterocycles. The minimum absolute atomic E-state index is 0.0801. The van der Waals surface area contributed by atoms with E-state index in [0.29, 0.717) is 19.6 Å². The molecule has 0 aliphatic rings. The fraction of sp³-hybridized carbons (Fsp3) is 0.333. The molecule has 0 aliphatic carbocycles. The Morgan fingerprint density at radius 1 is 0.862 bits per heavy atom. The molecule has 0 aromatic carbocycles. The van der Waals surface area contributed by atoms with Crippen molar-refractivity contribution in [1.82, 2.24) is 9.21 Å². The van der Waals surface area contributed by atoms with Crippen LogP contribution in [0.25, 0.3) is 0 Å². The zero-order valence-electron chi connectivity index (χ0n) is 15.5. The van der Waals surface area contributed by atoms with Crippen LogP contribution in [-0.4, -0.2) is 44.6 Å². The van der Waals surface area contributed by atoms with E-state index in [1.165, 1.54) is 27.0 Å². The molecule has 3 rings (SSSR count). The molecule has 0 bridgehead atoms. The molecule has 6 nitrogen and oxygen atoms in total. The van der Waals surface area contributed by atoms with Crippen molar-refractivity contribution >= 4 is 55.1 Å². The van der Waals surface area contributed by atoms with Crippen LogP contribution in [0.4, 0.5) is 0 Å². The third kappa shape index (κ3) is 7.37. The Morgan fingerprint density at radius 3 is 1.76 bits per heavy atom. The molecule has 1 unspecified atom stereocenters. The van der Waals surface area contributed by atoms with Crippen LogP contribution in [-0.2, 0) is 40.7 Å². The first-order chi connectivity index (χ1) is 13.9. The maximum Gasteiger partial charge on any atom is 0.216 e. The highest BCUT2D eigenvalue weighted by Crippen LogP contribution is 2.21. The third-order valence-corrected chi connectivity index (χ3v) is 9.05. The van der Waals surface area contributed by atoms with Gasteiger partial charge in [0.2, 0.25) is 10.0 Å². The van der Waals surface area contributed by atoms with Crippen LogP contribution < -0.4 is 0 Å². The van der Waals surface area contributed by atoms with E-state index < -0.39 is 21.1 Å². The van der Waals surface area contributed by atoms with Gasteiger partial charge < -0.3 is 4.55 Å². The number of sulfonamides is 1. The van der Waals surface area contributed by atoms with Crippen LogP contribution in [0.2, 0.25) is 0 Å². The van der Waals surface area contributed by atoms with Crippen LogP contribution in [0, 0.1) is 0 Å². The van der Waals surface area contributed by atoms with Crippen LogP contribution >= 0.6 is 34.0 Å². The van der Waals surface area contributed by atoms with Gasteiger partial charge in [-0.15, -0.1) is 34.0 Å². The van der Waals surface area contributed by atoms with E-state index in [1.807, 2.05) is 52.5 Å². The molecule has 29 heavy (non-hydrogen) atoms. The summed E-state index contributed by atoms with van der Waals surface area (Å²) < 4.78 is 48.4. The molecule has 0 saturated heterocycles. The Hall–Kier alpha value is -0.920. The van der Waals surface area contributed by atoms with Crippen molar-refractivity contribution in [3.8, 4) is 0 Å². The largest absolute Gasteiger partial charge is 0.305 e. The lowest BCUT2D eigenvalue weighted by Crippen LogP contribution is -2.37. The zero-order chi connectivity index (χ0) is 20.7. The lowest BCUT2D eigenvalue weighted by atomic mass is 10.4. The molecule has 0 fully saturated rings. The summed E-state index contributed by atoms with van der Waals surface area (Å²) in [6, 6.07) is 11.5. The molecule has 0 spiro atoms. The highest BCUT2D eigenvalue weighted by Gasteiger charge is 2.25. The van der Waals surface area contributed by atoms with Crippen molar-refractivity contribution in [1.29, 1.82) is 0 Å². The first-order valence-corrected chi connectivity index (χ1v) is 14.3. The monoisotopic (exact) mass is 490 g/mol. The summed E-state index contributed by atoms with van der Waals surface area (Å²) >= 11 is 2.58. The van der Waals surface area contributed by atoms with Crippen molar-refractivity contribution in [2.75, 3.05) is 18.2 Å². The van der Waals surface area contributed by atoms with E-state index in [1.54, 1.807) is 16.2 Å². The molecule has 11 heteroatoms. The standard InChI is InChI=1S/C18H22N2O4S5/c21-28(22)15-19(12-16-4-1-8-25-16)7-11-29(23,24)20(13-17-5-2-9-26-17)14-18-6-3-10-27-18/h1-6,8-10H,7,11-15H2,(H,21,22). The molecule has 1 N–H and O–H groups in total. The Morgan fingerprint density at radius 2 is 1.34 bits per heavy atom. The summed E-state index contributed by atoms with van der Waals surface area (Å²) in [5.74, 6) is -0.185. The lowest BCUT2D eigenvalue weighted by molar-refractivity contribution is 0.318. The van der Waals surface area contributed by atoms with E-state index in [9.17, 15) is 17.2 Å².